The molecule has 1 aromatic carbocycles. The molecule has 2 aromatic rings. The van der Waals surface area contributed by atoms with Gasteiger partial charge in [-0.2, -0.15) is 5.10 Å². The van der Waals surface area contributed by atoms with Gasteiger partial charge in [0.2, 0.25) is 0 Å². The highest BCUT2D eigenvalue weighted by molar-refractivity contribution is 5.93. The van der Waals surface area contributed by atoms with Gasteiger partial charge in [-0.05, 0) is 50.1 Å². The Morgan fingerprint density at radius 1 is 1.27 bits per heavy atom. The number of hydrogen-bond donors (Lipinski definition) is 2. The summed E-state index contributed by atoms with van der Waals surface area (Å²) >= 11 is 0. The summed E-state index contributed by atoms with van der Waals surface area (Å²) in [5.41, 5.74) is 1.26. The van der Waals surface area contributed by atoms with Gasteiger partial charge in [0.05, 0.1) is 24.8 Å². The van der Waals surface area contributed by atoms with Gasteiger partial charge >= 0.3 is 5.97 Å². The summed E-state index contributed by atoms with van der Waals surface area (Å²) in [7, 11) is 1.60. The van der Waals surface area contributed by atoms with E-state index in [2.05, 4.69) is 10.4 Å². The highest BCUT2D eigenvalue weighted by Crippen LogP contribution is 2.33. The molecule has 0 bridgehead atoms. The molecule has 0 saturated heterocycles. The molecular formula is C19H23N3O4. The molecular weight excluding hydrogens is 334 g/mol. The number of ether oxygens (including phenoxy) is 1. The number of nitrogens with one attached hydrogen (secondary N) is 1. The molecule has 0 spiro atoms. The van der Waals surface area contributed by atoms with Crippen LogP contribution in [0.15, 0.2) is 30.3 Å². The predicted octanol–water partition coefficient (Wildman–Crippen LogP) is 2.71. The fourth-order valence-electron chi connectivity index (χ4n) is 3.56. The van der Waals surface area contributed by atoms with E-state index in [0.717, 1.165) is 30.0 Å². The number of carboxylic acids is 1. The van der Waals surface area contributed by atoms with Crippen LogP contribution in [0.4, 0.5) is 0 Å². The minimum atomic E-state index is -0.896. The fraction of sp³-hybridized carbons (Fsp3) is 0.421. The number of aryl methyl sites for hydroxylation is 1. The van der Waals surface area contributed by atoms with Crippen molar-refractivity contribution in [2.24, 2.45) is 0 Å². The largest absolute Gasteiger partial charge is 0.497 e. The van der Waals surface area contributed by atoms with Crippen molar-refractivity contribution < 1.29 is 19.4 Å². The number of aliphatic carboxylic acids is 1. The Balaban J connectivity index is 1.81. The number of amides is 1. The Morgan fingerprint density at radius 3 is 2.50 bits per heavy atom. The van der Waals surface area contributed by atoms with E-state index in [9.17, 15) is 14.7 Å². The van der Waals surface area contributed by atoms with Gasteiger partial charge in [-0.25, -0.2) is 4.68 Å². The maximum atomic E-state index is 12.7. The molecule has 1 saturated carbocycles. The first kappa shape index (κ1) is 18.0. The van der Waals surface area contributed by atoms with E-state index >= 15 is 0 Å². The third-order valence-corrected chi connectivity index (χ3v) is 4.87. The lowest BCUT2D eigenvalue weighted by molar-refractivity contribution is -0.138. The number of benzene rings is 1. The third-order valence-electron chi connectivity index (χ3n) is 4.87. The van der Waals surface area contributed by atoms with Crippen molar-refractivity contribution in [3.8, 4) is 11.4 Å². The van der Waals surface area contributed by atoms with Crippen molar-refractivity contribution >= 4 is 11.9 Å². The quantitative estimate of drug-likeness (QED) is 0.829. The van der Waals surface area contributed by atoms with Crippen LogP contribution in [-0.4, -0.2) is 39.4 Å². The second kappa shape index (κ2) is 7.19. The van der Waals surface area contributed by atoms with Crippen molar-refractivity contribution in [3.05, 3.63) is 41.7 Å². The van der Waals surface area contributed by atoms with Crippen LogP contribution in [-0.2, 0) is 4.79 Å². The van der Waals surface area contributed by atoms with Crippen LogP contribution in [0.2, 0.25) is 0 Å². The summed E-state index contributed by atoms with van der Waals surface area (Å²) in [6, 6.07) is 9.10. The van der Waals surface area contributed by atoms with Crippen molar-refractivity contribution in [2.45, 2.75) is 44.6 Å². The van der Waals surface area contributed by atoms with Crippen molar-refractivity contribution in [2.75, 3.05) is 7.11 Å². The van der Waals surface area contributed by atoms with Gasteiger partial charge in [-0.15, -0.1) is 0 Å². The Kier molecular flexibility index (Phi) is 4.97. The number of carboxylic acid groups (broad SMARTS) is 1. The molecule has 0 radical (unpaired) electrons. The van der Waals surface area contributed by atoms with E-state index in [-0.39, 0.29) is 18.0 Å². The highest BCUT2D eigenvalue weighted by Gasteiger charge is 2.38. The van der Waals surface area contributed by atoms with Crippen LogP contribution in [0.25, 0.3) is 5.69 Å². The zero-order chi connectivity index (χ0) is 18.7. The van der Waals surface area contributed by atoms with E-state index in [1.165, 1.54) is 0 Å². The van der Waals surface area contributed by atoms with Crippen molar-refractivity contribution in [1.29, 1.82) is 0 Å². The molecule has 0 aliphatic heterocycles. The zero-order valence-corrected chi connectivity index (χ0v) is 15.0. The summed E-state index contributed by atoms with van der Waals surface area (Å²) in [6.45, 7) is 1.87. The van der Waals surface area contributed by atoms with Gasteiger partial charge in [0.1, 0.15) is 5.75 Å². The molecule has 138 valence electrons. The number of methoxy groups -OCH3 is 1. The van der Waals surface area contributed by atoms with Gasteiger partial charge in [0, 0.05) is 5.69 Å². The van der Waals surface area contributed by atoms with Gasteiger partial charge in [0.15, 0.2) is 5.69 Å². The van der Waals surface area contributed by atoms with Crippen LogP contribution >= 0.6 is 0 Å². The first-order chi connectivity index (χ1) is 12.4. The molecule has 7 heteroatoms. The van der Waals surface area contributed by atoms with E-state index in [0.29, 0.717) is 12.8 Å². The van der Waals surface area contributed by atoms with Crippen LogP contribution in [0, 0.1) is 6.92 Å². The number of aromatic nitrogens is 2. The molecule has 1 aliphatic carbocycles. The maximum Gasteiger partial charge on any atom is 0.305 e. The highest BCUT2D eigenvalue weighted by atomic mass is 16.5. The monoisotopic (exact) mass is 357 g/mol. The lowest BCUT2D eigenvalue weighted by Crippen LogP contribution is -2.48. The summed E-state index contributed by atoms with van der Waals surface area (Å²) < 4.78 is 6.84. The number of carbonyl (C=O) groups is 2. The van der Waals surface area contributed by atoms with Crippen molar-refractivity contribution in [1.82, 2.24) is 15.1 Å². The van der Waals surface area contributed by atoms with Crippen molar-refractivity contribution in [3.63, 3.8) is 0 Å². The van der Waals surface area contributed by atoms with Crippen LogP contribution in [0.1, 0.15) is 48.3 Å². The first-order valence-corrected chi connectivity index (χ1v) is 8.68. The van der Waals surface area contributed by atoms with E-state index < -0.39 is 11.5 Å². The SMILES string of the molecule is COc1ccc(-n2nc(C(=O)NC3(CC(=O)O)CCCC3)cc2C)cc1. The second-order valence-electron chi connectivity index (χ2n) is 6.79. The average Bonchev–Trinajstić information content (AvgIpc) is 3.21. The van der Waals surface area contributed by atoms with E-state index in [1.807, 2.05) is 31.2 Å². The molecule has 1 fully saturated rings. The summed E-state index contributed by atoms with van der Waals surface area (Å²) in [6.07, 6.45) is 3.16. The number of hydrogen-bond acceptors (Lipinski definition) is 4. The van der Waals surface area contributed by atoms with Crippen LogP contribution in [0.5, 0.6) is 5.75 Å². The molecule has 1 amide bonds. The van der Waals surface area contributed by atoms with E-state index in [4.69, 9.17) is 4.74 Å². The summed E-state index contributed by atoms with van der Waals surface area (Å²) in [4.78, 5) is 23.9. The minimum Gasteiger partial charge on any atom is -0.497 e. The summed E-state index contributed by atoms with van der Waals surface area (Å²) in [5.74, 6) is -0.482. The molecule has 1 aliphatic rings. The molecule has 1 heterocycles. The first-order valence-electron chi connectivity index (χ1n) is 8.68. The Morgan fingerprint density at radius 2 is 1.92 bits per heavy atom. The predicted molar refractivity (Wildman–Crippen MR) is 95.8 cm³/mol. The van der Waals surface area contributed by atoms with Crippen LogP contribution in [0.3, 0.4) is 0 Å². The van der Waals surface area contributed by atoms with Gasteiger partial charge in [0.25, 0.3) is 5.91 Å². The Bertz CT molecular complexity index is 805. The molecule has 0 unspecified atom stereocenters. The topological polar surface area (TPSA) is 93.5 Å². The maximum absolute atomic E-state index is 12.7. The molecule has 3 rings (SSSR count). The number of nitrogens with zero attached hydrogens (tertiary/aromatic N) is 2. The normalized spacial score (nSPS) is 15.6. The Hall–Kier alpha value is -2.83. The molecule has 7 nitrogen and oxygen atoms in total. The number of rotatable bonds is 6. The van der Waals surface area contributed by atoms with E-state index in [1.54, 1.807) is 17.9 Å². The van der Waals surface area contributed by atoms with Gasteiger partial charge in [-0.3, -0.25) is 9.59 Å². The second-order valence-corrected chi connectivity index (χ2v) is 6.79. The average molecular weight is 357 g/mol. The smallest absolute Gasteiger partial charge is 0.305 e. The lowest BCUT2D eigenvalue weighted by Gasteiger charge is -2.28. The molecule has 2 N–H and O–H groups in total. The van der Waals surface area contributed by atoms with Crippen LogP contribution < -0.4 is 10.1 Å². The lowest BCUT2D eigenvalue weighted by atomic mass is 9.93. The summed E-state index contributed by atoms with van der Waals surface area (Å²) in [5, 5.41) is 16.5. The molecule has 26 heavy (non-hydrogen) atoms. The third kappa shape index (κ3) is 3.71. The van der Waals surface area contributed by atoms with Gasteiger partial charge < -0.3 is 15.2 Å². The minimum absolute atomic E-state index is 0.0586. The Labute approximate surface area is 152 Å². The molecule has 1 aromatic heterocycles. The molecule has 0 atom stereocenters. The fourth-order valence-corrected chi connectivity index (χ4v) is 3.56. The standard InChI is InChI=1S/C19H23N3O4/c1-13-11-16(21-22(13)14-5-7-15(26-2)8-6-14)18(25)20-19(12-17(23)24)9-3-4-10-19/h5-8,11H,3-4,9-10,12H2,1-2H3,(H,20,25)(H,23,24). The zero-order valence-electron chi connectivity index (χ0n) is 15.0. The number of carbonyl (C=O) groups excluding carboxylic acids is 1. The van der Waals surface area contributed by atoms with Gasteiger partial charge in [-0.1, -0.05) is 12.8 Å².